The van der Waals surface area contributed by atoms with Gasteiger partial charge in [0, 0.05) is 19.3 Å². The maximum absolute atomic E-state index is 12.9. The summed E-state index contributed by atoms with van der Waals surface area (Å²) < 4.78 is 39.6. The van der Waals surface area contributed by atoms with Crippen LogP contribution in [0.15, 0.2) is 24.3 Å². The highest BCUT2D eigenvalue weighted by molar-refractivity contribution is 7.47. The van der Waals surface area contributed by atoms with Crippen molar-refractivity contribution in [2.24, 2.45) is 0 Å². The summed E-state index contributed by atoms with van der Waals surface area (Å²) in [5.41, 5.74) is 0. The molecule has 3 atom stereocenters. The zero-order chi connectivity index (χ0) is 52.7. The van der Waals surface area contributed by atoms with Crippen molar-refractivity contribution in [3.63, 3.8) is 0 Å². The van der Waals surface area contributed by atoms with E-state index in [4.69, 9.17) is 23.3 Å². The van der Waals surface area contributed by atoms with Crippen LogP contribution in [0.25, 0.3) is 0 Å². The lowest BCUT2D eigenvalue weighted by Gasteiger charge is -2.21. The maximum Gasteiger partial charge on any atom is 0.472 e. The molecule has 0 amide bonds. The minimum Gasteiger partial charge on any atom is -0.462 e. The summed E-state index contributed by atoms with van der Waals surface area (Å²) >= 11 is 0. The van der Waals surface area contributed by atoms with Crippen LogP contribution in [0.1, 0.15) is 303 Å². The zero-order valence-electron chi connectivity index (χ0n) is 46.9. The van der Waals surface area contributed by atoms with Crippen LogP contribution in [0.4, 0.5) is 0 Å². The average molecular weight is 1040 g/mol. The van der Waals surface area contributed by atoms with Crippen molar-refractivity contribution < 1.29 is 52.2 Å². The van der Waals surface area contributed by atoms with Gasteiger partial charge in [-0.3, -0.25) is 23.4 Å². The van der Waals surface area contributed by atoms with Crippen molar-refractivity contribution in [1.82, 2.24) is 0 Å². The van der Waals surface area contributed by atoms with Crippen LogP contribution in [0.2, 0.25) is 0 Å². The molecular formula is C60H113O11P. The summed E-state index contributed by atoms with van der Waals surface area (Å²) in [7, 11) is -4.74. The Hall–Kier alpha value is -2.04. The number of phosphoric acid groups is 1. The Bertz CT molecular complexity index is 1310. The second-order valence-electron chi connectivity index (χ2n) is 20.5. The van der Waals surface area contributed by atoms with E-state index in [1.165, 1.54) is 161 Å². The number of phosphoric ester groups is 1. The largest absolute Gasteiger partial charge is 0.472 e. The van der Waals surface area contributed by atoms with E-state index in [9.17, 15) is 28.9 Å². The summed E-state index contributed by atoms with van der Waals surface area (Å²) in [5.74, 6) is -1.45. The number of aliphatic hydroxyl groups excluding tert-OH is 1. The lowest BCUT2D eigenvalue weighted by Crippen LogP contribution is -2.30. The Morgan fingerprint density at radius 2 is 0.639 bits per heavy atom. The van der Waals surface area contributed by atoms with Gasteiger partial charge in [0.25, 0.3) is 0 Å². The fourth-order valence-corrected chi connectivity index (χ4v) is 9.48. The molecule has 0 heterocycles. The number of carbonyl (C=O) groups excluding carboxylic acids is 3. The molecule has 0 spiro atoms. The van der Waals surface area contributed by atoms with E-state index in [1.54, 1.807) is 0 Å². The van der Waals surface area contributed by atoms with E-state index in [0.717, 1.165) is 83.5 Å². The maximum atomic E-state index is 12.9. The van der Waals surface area contributed by atoms with Gasteiger partial charge >= 0.3 is 25.7 Å². The van der Waals surface area contributed by atoms with Crippen molar-refractivity contribution in [1.29, 1.82) is 0 Å². The van der Waals surface area contributed by atoms with Gasteiger partial charge in [-0.15, -0.1) is 0 Å². The number of hydrogen-bond donors (Lipinski definition) is 2. The molecule has 0 rings (SSSR count). The predicted molar refractivity (Wildman–Crippen MR) is 298 cm³/mol. The summed E-state index contributed by atoms with van der Waals surface area (Å²) in [6.45, 7) is 4.67. The van der Waals surface area contributed by atoms with Gasteiger partial charge in [-0.25, -0.2) is 4.57 Å². The Kier molecular flexibility index (Phi) is 53.6. The number of carbonyl (C=O) groups is 3. The van der Waals surface area contributed by atoms with E-state index in [2.05, 4.69) is 45.1 Å². The molecular weight excluding hydrogens is 928 g/mol. The van der Waals surface area contributed by atoms with Crippen molar-refractivity contribution in [2.75, 3.05) is 26.4 Å². The monoisotopic (exact) mass is 1040 g/mol. The molecule has 0 bridgehead atoms. The van der Waals surface area contributed by atoms with Crippen LogP contribution in [0.3, 0.4) is 0 Å². The quantitative estimate of drug-likeness (QED) is 0.0197. The molecule has 424 valence electrons. The Balaban J connectivity index is 4.69. The number of unbranched alkanes of at least 4 members (excludes halogenated alkanes) is 36. The molecule has 0 aromatic heterocycles. The second-order valence-corrected chi connectivity index (χ2v) is 22.0. The van der Waals surface area contributed by atoms with Gasteiger partial charge in [-0.05, 0) is 70.6 Å². The molecule has 12 heteroatoms. The third-order valence-corrected chi connectivity index (χ3v) is 14.3. The summed E-state index contributed by atoms with van der Waals surface area (Å²) in [5, 5.41) is 9.81. The van der Waals surface area contributed by atoms with E-state index >= 15 is 0 Å². The molecule has 0 fully saturated rings. The van der Waals surface area contributed by atoms with Gasteiger partial charge in [-0.1, -0.05) is 238 Å². The van der Waals surface area contributed by atoms with Gasteiger partial charge < -0.3 is 24.2 Å². The van der Waals surface area contributed by atoms with Crippen LogP contribution in [-0.4, -0.2) is 66.5 Å². The number of hydrogen-bond acceptors (Lipinski definition) is 10. The summed E-state index contributed by atoms with van der Waals surface area (Å²) in [6, 6.07) is 0. The van der Waals surface area contributed by atoms with Crippen molar-refractivity contribution in [2.45, 2.75) is 315 Å². The van der Waals surface area contributed by atoms with E-state index in [0.29, 0.717) is 19.3 Å². The zero-order valence-corrected chi connectivity index (χ0v) is 47.8. The molecule has 0 radical (unpaired) electrons. The Morgan fingerprint density at radius 3 is 0.958 bits per heavy atom. The predicted octanol–water partition coefficient (Wildman–Crippen LogP) is 17.8. The molecule has 0 aromatic carbocycles. The first-order chi connectivity index (χ1) is 35.2. The van der Waals surface area contributed by atoms with Crippen LogP contribution >= 0.6 is 7.82 Å². The number of esters is 3. The van der Waals surface area contributed by atoms with E-state index in [-0.39, 0.29) is 25.9 Å². The smallest absolute Gasteiger partial charge is 0.462 e. The summed E-state index contributed by atoms with van der Waals surface area (Å²) in [6.07, 6.45) is 55.6. The fourth-order valence-electron chi connectivity index (χ4n) is 8.70. The SMILES string of the molecule is CCCCCCCC/C=C\CCCCCCCCCC(=O)OCC(COP(=O)(O)OCC(CO)OC(=O)CCCCCCCCCCCCCCC)OC(=O)CCCCCCC/C=C\CCCCCCCC. The van der Waals surface area contributed by atoms with Crippen molar-refractivity contribution in [3.05, 3.63) is 24.3 Å². The van der Waals surface area contributed by atoms with Crippen LogP contribution < -0.4 is 0 Å². The van der Waals surface area contributed by atoms with Gasteiger partial charge in [0.05, 0.1) is 19.8 Å². The molecule has 3 unspecified atom stereocenters. The fraction of sp³-hybridized carbons (Fsp3) is 0.883. The normalized spacial score (nSPS) is 13.5. The van der Waals surface area contributed by atoms with Gasteiger partial charge in [-0.2, -0.15) is 0 Å². The molecule has 0 aromatic rings. The lowest BCUT2D eigenvalue weighted by molar-refractivity contribution is -0.161. The molecule has 0 aliphatic carbocycles. The Labute approximate surface area is 442 Å². The van der Waals surface area contributed by atoms with Gasteiger partial charge in [0.2, 0.25) is 0 Å². The third-order valence-electron chi connectivity index (χ3n) is 13.3. The van der Waals surface area contributed by atoms with Crippen molar-refractivity contribution >= 4 is 25.7 Å². The van der Waals surface area contributed by atoms with E-state index < -0.39 is 57.8 Å². The van der Waals surface area contributed by atoms with Crippen LogP contribution in [0.5, 0.6) is 0 Å². The summed E-state index contributed by atoms with van der Waals surface area (Å²) in [4.78, 5) is 48.6. The third kappa shape index (κ3) is 52.8. The molecule has 0 aliphatic heterocycles. The van der Waals surface area contributed by atoms with Gasteiger partial charge in [0.1, 0.15) is 12.7 Å². The molecule has 0 saturated carbocycles. The lowest BCUT2D eigenvalue weighted by atomic mass is 10.0. The molecule has 2 N–H and O–H groups in total. The molecule has 0 saturated heterocycles. The first-order valence-corrected chi connectivity index (χ1v) is 31.7. The number of allylic oxidation sites excluding steroid dienone is 4. The minimum atomic E-state index is -4.74. The number of ether oxygens (including phenoxy) is 3. The molecule has 72 heavy (non-hydrogen) atoms. The first kappa shape index (κ1) is 70.0. The van der Waals surface area contributed by atoms with Crippen LogP contribution in [0, 0.1) is 0 Å². The highest BCUT2D eigenvalue weighted by atomic mass is 31.2. The highest BCUT2D eigenvalue weighted by Gasteiger charge is 2.28. The number of rotatable bonds is 57. The van der Waals surface area contributed by atoms with E-state index in [1.807, 2.05) is 0 Å². The minimum absolute atomic E-state index is 0.161. The number of aliphatic hydroxyl groups is 1. The Morgan fingerprint density at radius 1 is 0.375 bits per heavy atom. The van der Waals surface area contributed by atoms with Gasteiger partial charge in [0.15, 0.2) is 6.10 Å². The highest BCUT2D eigenvalue weighted by Crippen LogP contribution is 2.43. The topological polar surface area (TPSA) is 155 Å². The second kappa shape index (κ2) is 55.2. The standard InChI is InChI=1S/C60H113O11P/c1-4-7-10-13-16-19-22-25-27-28-30-32-34-37-40-43-46-49-58(62)67-53-57(71-60(64)51-48-45-42-39-36-33-29-26-23-20-17-14-11-8-5-2)55-69-72(65,66)68-54-56(52-61)70-59(63)50-47-44-41-38-35-31-24-21-18-15-12-9-6-3/h25-27,29,56-57,61H,4-24,28,30-55H2,1-3H3,(H,65,66)/b27-25-,29-26-. The molecule has 11 nitrogen and oxygen atoms in total. The van der Waals surface area contributed by atoms with Crippen molar-refractivity contribution in [3.8, 4) is 0 Å². The first-order valence-electron chi connectivity index (χ1n) is 30.2. The van der Waals surface area contributed by atoms with Crippen LogP contribution in [-0.2, 0) is 42.2 Å². The average Bonchev–Trinajstić information content (AvgIpc) is 3.37. The molecule has 0 aliphatic rings.